The summed E-state index contributed by atoms with van der Waals surface area (Å²) in [5, 5.41) is 9.10. The van der Waals surface area contributed by atoms with Gasteiger partial charge in [0, 0.05) is 13.2 Å². The zero-order valence-electron chi connectivity index (χ0n) is 8.71. The number of aliphatic hydroxyl groups is 1. The number of nitrogens with zero attached hydrogens (tertiary/aromatic N) is 3. The third kappa shape index (κ3) is 1.35. The van der Waals surface area contributed by atoms with E-state index < -0.39 is 0 Å². The lowest BCUT2D eigenvalue weighted by atomic mass is 10.3. The molecule has 1 unspecified atom stereocenters. The van der Waals surface area contributed by atoms with Crippen LogP contribution in [0.2, 0.25) is 0 Å². The second-order valence-electron chi connectivity index (χ2n) is 3.61. The molecule has 80 valence electrons. The van der Waals surface area contributed by atoms with Gasteiger partial charge in [-0.1, -0.05) is 0 Å². The van der Waals surface area contributed by atoms with Crippen molar-refractivity contribution in [2.45, 2.75) is 13.0 Å². The number of aromatic nitrogens is 3. The molecule has 2 aromatic rings. The minimum absolute atomic E-state index is 0.0542. The standard InChI is InChI=1S/C10H13N3O2/c1-7(6-14)13-8-3-4-11-5-9(8)12(2)10(13)15/h3-5,7,14H,6H2,1-2H3. The van der Waals surface area contributed by atoms with Crippen LogP contribution in [0.5, 0.6) is 0 Å². The molecule has 0 saturated carbocycles. The lowest BCUT2D eigenvalue weighted by molar-refractivity contribution is 0.238. The van der Waals surface area contributed by atoms with Crippen LogP contribution >= 0.6 is 0 Å². The summed E-state index contributed by atoms with van der Waals surface area (Å²) in [4.78, 5) is 15.9. The van der Waals surface area contributed by atoms with Gasteiger partial charge in [-0.3, -0.25) is 14.1 Å². The summed E-state index contributed by atoms with van der Waals surface area (Å²) in [5.74, 6) is 0. The highest BCUT2D eigenvalue weighted by molar-refractivity contribution is 5.74. The number of aryl methyl sites for hydroxylation is 1. The van der Waals surface area contributed by atoms with Gasteiger partial charge in [-0.25, -0.2) is 4.79 Å². The smallest absolute Gasteiger partial charge is 0.329 e. The third-order valence-electron chi connectivity index (χ3n) is 2.60. The fourth-order valence-corrected chi connectivity index (χ4v) is 1.72. The van der Waals surface area contributed by atoms with E-state index in [1.54, 1.807) is 37.0 Å². The normalized spacial score (nSPS) is 13.3. The van der Waals surface area contributed by atoms with Gasteiger partial charge in [-0.05, 0) is 13.0 Å². The first-order valence-corrected chi connectivity index (χ1v) is 4.78. The molecule has 0 saturated heterocycles. The molecule has 1 atom stereocenters. The molecule has 2 aromatic heterocycles. The van der Waals surface area contributed by atoms with Crippen LogP contribution in [0, 0.1) is 0 Å². The molecule has 5 nitrogen and oxygen atoms in total. The second kappa shape index (κ2) is 3.51. The SMILES string of the molecule is CC(CO)n1c(=O)n(C)c2cnccc21. The molecule has 0 fully saturated rings. The van der Waals surface area contributed by atoms with Crippen molar-refractivity contribution in [1.29, 1.82) is 0 Å². The molecular formula is C10H13N3O2. The Morgan fingerprint density at radius 3 is 2.93 bits per heavy atom. The molecule has 5 heteroatoms. The van der Waals surface area contributed by atoms with Crippen LogP contribution in [0.3, 0.4) is 0 Å². The van der Waals surface area contributed by atoms with E-state index >= 15 is 0 Å². The number of aliphatic hydroxyl groups excluding tert-OH is 1. The van der Waals surface area contributed by atoms with Crippen LogP contribution in [-0.2, 0) is 7.05 Å². The zero-order chi connectivity index (χ0) is 11.0. The summed E-state index contributed by atoms with van der Waals surface area (Å²) in [6.07, 6.45) is 3.29. The predicted molar refractivity (Wildman–Crippen MR) is 56.8 cm³/mol. The van der Waals surface area contributed by atoms with Crippen LogP contribution in [0.1, 0.15) is 13.0 Å². The molecule has 1 N–H and O–H groups in total. The molecule has 0 spiro atoms. The highest BCUT2D eigenvalue weighted by Crippen LogP contribution is 2.14. The first-order valence-electron chi connectivity index (χ1n) is 4.78. The van der Waals surface area contributed by atoms with Crippen molar-refractivity contribution < 1.29 is 5.11 Å². The van der Waals surface area contributed by atoms with Crippen molar-refractivity contribution in [3.05, 3.63) is 28.9 Å². The van der Waals surface area contributed by atoms with Crippen molar-refractivity contribution in [1.82, 2.24) is 14.1 Å². The number of pyridine rings is 1. The third-order valence-corrected chi connectivity index (χ3v) is 2.60. The monoisotopic (exact) mass is 207 g/mol. The van der Waals surface area contributed by atoms with Crippen molar-refractivity contribution in [2.24, 2.45) is 7.05 Å². The van der Waals surface area contributed by atoms with Gasteiger partial charge >= 0.3 is 5.69 Å². The molecule has 0 aromatic carbocycles. The first-order chi connectivity index (χ1) is 7.16. The molecule has 0 aliphatic rings. The Morgan fingerprint density at radius 1 is 1.53 bits per heavy atom. The van der Waals surface area contributed by atoms with E-state index in [9.17, 15) is 4.79 Å². The Bertz CT molecular complexity index is 541. The average Bonchev–Trinajstić information content (AvgIpc) is 2.52. The van der Waals surface area contributed by atoms with Gasteiger partial charge in [0.25, 0.3) is 0 Å². The van der Waals surface area contributed by atoms with Crippen LogP contribution < -0.4 is 5.69 Å². The number of hydrogen-bond acceptors (Lipinski definition) is 3. The minimum Gasteiger partial charge on any atom is -0.394 e. The lowest BCUT2D eigenvalue weighted by Gasteiger charge is -2.09. The van der Waals surface area contributed by atoms with Gasteiger partial charge in [0.05, 0.1) is 29.9 Å². The predicted octanol–water partition coefficient (Wildman–Crippen LogP) is 0.288. The molecule has 0 bridgehead atoms. The second-order valence-corrected chi connectivity index (χ2v) is 3.61. The van der Waals surface area contributed by atoms with Crippen molar-refractivity contribution in [3.63, 3.8) is 0 Å². The van der Waals surface area contributed by atoms with E-state index in [0.29, 0.717) is 0 Å². The summed E-state index contributed by atoms with van der Waals surface area (Å²) in [7, 11) is 1.70. The fourth-order valence-electron chi connectivity index (χ4n) is 1.72. The Morgan fingerprint density at radius 2 is 2.27 bits per heavy atom. The largest absolute Gasteiger partial charge is 0.394 e. The zero-order valence-corrected chi connectivity index (χ0v) is 8.71. The number of hydrogen-bond donors (Lipinski definition) is 1. The summed E-state index contributed by atoms with van der Waals surface area (Å²) >= 11 is 0. The van der Waals surface area contributed by atoms with E-state index in [4.69, 9.17) is 5.11 Å². The van der Waals surface area contributed by atoms with Crippen LogP contribution in [-0.4, -0.2) is 25.8 Å². The maximum atomic E-state index is 11.9. The topological polar surface area (TPSA) is 60.1 Å². The fraction of sp³-hybridized carbons (Fsp3) is 0.400. The molecule has 0 radical (unpaired) electrons. The van der Waals surface area contributed by atoms with Crippen molar-refractivity contribution in [3.8, 4) is 0 Å². The molecular weight excluding hydrogens is 194 g/mol. The Labute approximate surface area is 86.6 Å². The van der Waals surface area contributed by atoms with Gasteiger partial charge in [0.2, 0.25) is 0 Å². The summed E-state index contributed by atoms with van der Waals surface area (Å²) in [5.41, 5.74) is 1.46. The van der Waals surface area contributed by atoms with E-state index in [-0.39, 0.29) is 18.3 Å². The molecule has 15 heavy (non-hydrogen) atoms. The highest BCUT2D eigenvalue weighted by Gasteiger charge is 2.14. The van der Waals surface area contributed by atoms with Gasteiger partial charge in [-0.15, -0.1) is 0 Å². The van der Waals surface area contributed by atoms with Crippen LogP contribution in [0.15, 0.2) is 23.3 Å². The van der Waals surface area contributed by atoms with Gasteiger partial charge in [0.15, 0.2) is 0 Å². The molecule has 0 aliphatic heterocycles. The number of fused-ring (bicyclic) bond motifs is 1. The first kappa shape index (κ1) is 9.92. The quantitative estimate of drug-likeness (QED) is 0.769. The summed E-state index contributed by atoms with van der Waals surface area (Å²) in [6, 6.07) is 1.56. The van der Waals surface area contributed by atoms with E-state index in [1.807, 2.05) is 0 Å². The molecule has 2 heterocycles. The summed E-state index contributed by atoms with van der Waals surface area (Å²) < 4.78 is 3.12. The summed E-state index contributed by atoms with van der Waals surface area (Å²) in [6.45, 7) is 1.75. The molecule has 2 rings (SSSR count). The maximum Gasteiger partial charge on any atom is 0.329 e. The maximum absolute atomic E-state index is 11.9. The highest BCUT2D eigenvalue weighted by atomic mass is 16.3. The van der Waals surface area contributed by atoms with Crippen molar-refractivity contribution in [2.75, 3.05) is 6.61 Å². The van der Waals surface area contributed by atoms with Crippen molar-refractivity contribution >= 4 is 11.0 Å². The number of imidazole rings is 1. The lowest BCUT2D eigenvalue weighted by Crippen LogP contribution is -2.26. The number of rotatable bonds is 2. The van der Waals surface area contributed by atoms with Crippen LogP contribution in [0.25, 0.3) is 11.0 Å². The minimum atomic E-state index is -0.219. The van der Waals surface area contributed by atoms with Gasteiger partial charge in [-0.2, -0.15) is 0 Å². The Balaban J connectivity index is 2.84. The van der Waals surface area contributed by atoms with Crippen LogP contribution in [0.4, 0.5) is 0 Å². The molecule has 0 amide bonds. The van der Waals surface area contributed by atoms with E-state index in [1.165, 1.54) is 4.57 Å². The molecule has 0 aliphatic carbocycles. The Kier molecular flexibility index (Phi) is 2.32. The van der Waals surface area contributed by atoms with Gasteiger partial charge in [0.1, 0.15) is 0 Å². The van der Waals surface area contributed by atoms with E-state index in [0.717, 1.165) is 11.0 Å². The van der Waals surface area contributed by atoms with Gasteiger partial charge < -0.3 is 5.11 Å². The average molecular weight is 207 g/mol. The Hall–Kier alpha value is -1.62. The van der Waals surface area contributed by atoms with E-state index in [2.05, 4.69) is 4.98 Å².